The molecule has 1 aromatic rings. The number of nitrogens with one attached hydrogen (secondary N) is 1. The molecule has 1 heterocycles. The summed E-state index contributed by atoms with van der Waals surface area (Å²) in [7, 11) is 1.65. The fourth-order valence-corrected chi connectivity index (χ4v) is 1.30. The van der Waals surface area contributed by atoms with Gasteiger partial charge in [0, 0.05) is 19.7 Å². The van der Waals surface area contributed by atoms with E-state index in [1.807, 2.05) is 18.2 Å². The molecule has 18 heavy (non-hydrogen) atoms. The third-order valence-electron chi connectivity index (χ3n) is 2.19. The van der Waals surface area contributed by atoms with Crippen LogP contribution in [0.2, 0.25) is 0 Å². The maximum absolute atomic E-state index is 5.49. The van der Waals surface area contributed by atoms with Gasteiger partial charge in [0.15, 0.2) is 0 Å². The summed E-state index contributed by atoms with van der Waals surface area (Å²) in [5.74, 6) is 1.46. The van der Waals surface area contributed by atoms with Gasteiger partial charge in [-0.05, 0) is 12.5 Å². The summed E-state index contributed by atoms with van der Waals surface area (Å²) in [4.78, 5) is 4.33. The van der Waals surface area contributed by atoms with Crippen molar-refractivity contribution in [3.8, 4) is 5.88 Å². The van der Waals surface area contributed by atoms with Crippen LogP contribution in [0.5, 0.6) is 5.88 Å². The molecule has 0 saturated heterocycles. The topological polar surface area (TPSA) is 52.6 Å². The highest BCUT2D eigenvalue weighted by Crippen LogP contribution is 2.11. The largest absolute Gasteiger partial charge is 0.475 e. The minimum Gasteiger partial charge on any atom is -0.475 e. The Balaban J connectivity index is 2.20. The molecule has 0 amide bonds. The molecule has 0 aliphatic rings. The van der Waals surface area contributed by atoms with Gasteiger partial charge in [-0.25, -0.2) is 0 Å². The molecule has 0 aromatic carbocycles. The van der Waals surface area contributed by atoms with Crippen LogP contribution in [0.4, 0.5) is 5.82 Å². The molecule has 5 nitrogen and oxygen atoms in total. The van der Waals surface area contributed by atoms with Gasteiger partial charge < -0.3 is 19.5 Å². The lowest BCUT2D eigenvalue weighted by molar-refractivity contribution is 0.0537. The number of nitrogens with zero attached hydrogens (tertiary/aromatic N) is 1. The molecule has 1 rings (SSSR count). The van der Waals surface area contributed by atoms with Crippen LogP contribution in [0.1, 0.15) is 13.3 Å². The van der Waals surface area contributed by atoms with Gasteiger partial charge >= 0.3 is 0 Å². The first-order chi connectivity index (χ1) is 8.86. The zero-order chi connectivity index (χ0) is 13.1. The van der Waals surface area contributed by atoms with Crippen LogP contribution in [0, 0.1) is 0 Å². The summed E-state index contributed by atoms with van der Waals surface area (Å²) in [6.45, 7) is 5.26. The molecule has 102 valence electrons. The third-order valence-corrected chi connectivity index (χ3v) is 2.19. The lowest BCUT2D eigenvalue weighted by Crippen LogP contribution is -2.11. The number of hydrogen-bond donors (Lipinski definition) is 1. The second kappa shape index (κ2) is 9.67. The Labute approximate surface area is 108 Å². The van der Waals surface area contributed by atoms with Crippen molar-refractivity contribution in [2.45, 2.75) is 13.3 Å². The molecule has 0 unspecified atom stereocenters. The SMILES string of the molecule is CCCNc1cccc(OCCOCCOC)n1. The van der Waals surface area contributed by atoms with E-state index in [1.54, 1.807) is 7.11 Å². The van der Waals surface area contributed by atoms with Crippen molar-refractivity contribution in [1.29, 1.82) is 0 Å². The van der Waals surface area contributed by atoms with Gasteiger partial charge in [-0.2, -0.15) is 4.98 Å². The van der Waals surface area contributed by atoms with Crippen LogP contribution in [0.15, 0.2) is 18.2 Å². The molecular weight excluding hydrogens is 232 g/mol. The maximum Gasteiger partial charge on any atom is 0.215 e. The van der Waals surface area contributed by atoms with Gasteiger partial charge in [0.2, 0.25) is 5.88 Å². The van der Waals surface area contributed by atoms with Crippen molar-refractivity contribution in [3.63, 3.8) is 0 Å². The minimum absolute atomic E-state index is 0.494. The van der Waals surface area contributed by atoms with Crippen LogP contribution in [0.25, 0.3) is 0 Å². The van der Waals surface area contributed by atoms with Crippen LogP contribution >= 0.6 is 0 Å². The summed E-state index contributed by atoms with van der Waals surface area (Å²) in [6.07, 6.45) is 1.07. The Hall–Kier alpha value is -1.33. The fourth-order valence-electron chi connectivity index (χ4n) is 1.30. The van der Waals surface area contributed by atoms with Crippen molar-refractivity contribution in [1.82, 2.24) is 4.98 Å². The van der Waals surface area contributed by atoms with Crippen molar-refractivity contribution < 1.29 is 14.2 Å². The van der Waals surface area contributed by atoms with Gasteiger partial charge in [0.1, 0.15) is 12.4 Å². The molecule has 0 saturated carbocycles. The number of anilines is 1. The molecule has 0 spiro atoms. The van der Waals surface area contributed by atoms with Crippen LogP contribution in [0.3, 0.4) is 0 Å². The van der Waals surface area contributed by atoms with E-state index in [1.165, 1.54) is 0 Å². The fraction of sp³-hybridized carbons (Fsp3) is 0.615. The van der Waals surface area contributed by atoms with Crippen molar-refractivity contribution >= 4 is 5.82 Å². The second-order valence-corrected chi connectivity index (χ2v) is 3.74. The zero-order valence-corrected chi connectivity index (χ0v) is 11.1. The van der Waals surface area contributed by atoms with Crippen molar-refractivity contribution in [2.75, 3.05) is 45.4 Å². The first kappa shape index (κ1) is 14.7. The predicted molar refractivity (Wildman–Crippen MR) is 71.2 cm³/mol. The van der Waals surface area contributed by atoms with Crippen LogP contribution in [-0.4, -0.2) is 45.1 Å². The Bertz CT molecular complexity index is 321. The third kappa shape index (κ3) is 6.42. The summed E-state index contributed by atoms with van der Waals surface area (Å²) in [6, 6.07) is 5.69. The average molecular weight is 254 g/mol. The number of aromatic nitrogens is 1. The summed E-state index contributed by atoms with van der Waals surface area (Å²) in [5.41, 5.74) is 0. The Morgan fingerprint density at radius 1 is 1.17 bits per heavy atom. The molecule has 0 aliphatic heterocycles. The van der Waals surface area contributed by atoms with Crippen LogP contribution < -0.4 is 10.1 Å². The van der Waals surface area contributed by atoms with Crippen molar-refractivity contribution in [2.24, 2.45) is 0 Å². The smallest absolute Gasteiger partial charge is 0.215 e. The molecule has 0 fully saturated rings. The van der Waals surface area contributed by atoms with E-state index < -0.39 is 0 Å². The predicted octanol–water partition coefficient (Wildman–Crippen LogP) is 1.95. The Kier molecular flexibility index (Phi) is 7.92. The molecule has 1 aromatic heterocycles. The Morgan fingerprint density at radius 2 is 2.00 bits per heavy atom. The summed E-state index contributed by atoms with van der Waals surface area (Å²) < 4.78 is 15.7. The first-order valence-corrected chi connectivity index (χ1v) is 6.27. The molecular formula is C13H22N2O3. The molecule has 0 bridgehead atoms. The number of methoxy groups -OCH3 is 1. The quantitative estimate of drug-likeness (QED) is 0.647. The van der Waals surface area contributed by atoms with E-state index in [-0.39, 0.29) is 0 Å². The maximum atomic E-state index is 5.49. The van der Waals surface area contributed by atoms with E-state index in [0.717, 1.165) is 18.8 Å². The highest BCUT2D eigenvalue weighted by molar-refractivity contribution is 5.36. The van der Waals surface area contributed by atoms with Gasteiger partial charge in [0.25, 0.3) is 0 Å². The van der Waals surface area contributed by atoms with E-state index in [4.69, 9.17) is 14.2 Å². The normalized spacial score (nSPS) is 10.3. The van der Waals surface area contributed by atoms with Gasteiger partial charge in [-0.1, -0.05) is 13.0 Å². The highest BCUT2D eigenvalue weighted by Gasteiger charge is 1.98. The zero-order valence-electron chi connectivity index (χ0n) is 11.1. The lowest BCUT2D eigenvalue weighted by Gasteiger charge is -2.08. The molecule has 1 N–H and O–H groups in total. The van der Waals surface area contributed by atoms with Crippen molar-refractivity contribution in [3.05, 3.63) is 18.2 Å². The summed E-state index contributed by atoms with van der Waals surface area (Å²) >= 11 is 0. The number of rotatable bonds is 10. The first-order valence-electron chi connectivity index (χ1n) is 6.27. The standard InChI is InChI=1S/C13H22N2O3/c1-3-7-14-12-5-4-6-13(15-12)18-11-10-17-9-8-16-2/h4-6H,3,7-11H2,1-2H3,(H,14,15). The minimum atomic E-state index is 0.494. The van der Waals surface area contributed by atoms with E-state index >= 15 is 0 Å². The van der Waals surface area contributed by atoms with E-state index in [9.17, 15) is 0 Å². The number of hydrogen-bond acceptors (Lipinski definition) is 5. The monoisotopic (exact) mass is 254 g/mol. The molecule has 0 atom stereocenters. The van der Waals surface area contributed by atoms with Crippen LogP contribution in [-0.2, 0) is 9.47 Å². The molecule has 0 radical (unpaired) electrons. The summed E-state index contributed by atoms with van der Waals surface area (Å²) in [5, 5.41) is 3.21. The lowest BCUT2D eigenvalue weighted by atomic mass is 10.4. The highest BCUT2D eigenvalue weighted by atomic mass is 16.5. The average Bonchev–Trinajstić information content (AvgIpc) is 2.41. The number of ether oxygens (including phenoxy) is 3. The van der Waals surface area contributed by atoms with E-state index in [2.05, 4.69) is 17.2 Å². The molecule has 0 aliphatic carbocycles. The van der Waals surface area contributed by atoms with E-state index in [0.29, 0.717) is 32.3 Å². The van der Waals surface area contributed by atoms with Gasteiger partial charge in [-0.15, -0.1) is 0 Å². The second-order valence-electron chi connectivity index (χ2n) is 3.74. The Morgan fingerprint density at radius 3 is 2.78 bits per heavy atom. The number of pyridine rings is 1. The molecule has 5 heteroatoms. The van der Waals surface area contributed by atoms with Gasteiger partial charge in [-0.3, -0.25) is 0 Å². The van der Waals surface area contributed by atoms with Gasteiger partial charge in [0.05, 0.1) is 19.8 Å².